The first kappa shape index (κ1) is 28.4. The van der Waals surface area contributed by atoms with Crippen LogP contribution in [0.3, 0.4) is 0 Å². The second-order valence-corrected chi connectivity index (χ2v) is 10.2. The molecule has 3 N–H and O–H groups in total. The van der Waals surface area contributed by atoms with Crippen molar-refractivity contribution < 1.29 is 34.0 Å². The maximum atomic E-state index is 12.0. The molecule has 1 heterocycles. The summed E-state index contributed by atoms with van der Waals surface area (Å²) < 4.78 is 17.9. The van der Waals surface area contributed by atoms with E-state index in [0.717, 1.165) is 21.6 Å². The van der Waals surface area contributed by atoms with Crippen LogP contribution in [0.4, 0.5) is 10.5 Å². The number of aromatic carboxylic acids is 1. The van der Waals surface area contributed by atoms with Crippen LogP contribution >= 0.6 is 11.8 Å². The topological polar surface area (TPSA) is 114 Å². The fourth-order valence-corrected chi connectivity index (χ4v) is 5.30. The van der Waals surface area contributed by atoms with Gasteiger partial charge >= 0.3 is 12.1 Å². The van der Waals surface area contributed by atoms with Gasteiger partial charge in [0.25, 0.3) is 0 Å². The Kier molecular flexibility index (Phi) is 9.78. The van der Waals surface area contributed by atoms with Gasteiger partial charge in [-0.1, -0.05) is 56.0 Å². The largest absolute Gasteiger partial charge is 0.478 e. The smallest absolute Gasteiger partial charge is 0.411 e. The number of nitrogens with one attached hydrogen (secondary N) is 1. The molecule has 4 atom stereocenters. The molecule has 1 aliphatic rings. The molecule has 1 saturated heterocycles. The highest BCUT2D eigenvalue weighted by Crippen LogP contribution is 2.43. The minimum absolute atomic E-state index is 0.0118. The van der Waals surface area contributed by atoms with Gasteiger partial charge in [-0.2, -0.15) is 0 Å². The molecule has 0 aliphatic carbocycles. The van der Waals surface area contributed by atoms with Crippen LogP contribution in [-0.2, 0) is 20.8 Å². The lowest BCUT2D eigenvalue weighted by atomic mass is 9.91. The van der Waals surface area contributed by atoms with Gasteiger partial charge in [0.2, 0.25) is 0 Å². The summed E-state index contributed by atoms with van der Waals surface area (Å²) in [5.41, 5.74) is 3.30. The molecule has 0 bridgehead atoms. The number of aliphatic hydroxyl groups is 1. The Hall–Kier alpha value is -3.63. The number of hydrogen-bond acceptors (Lipinski definition) is 7. The minimum Gasteiger partial charge on any atom is -0.478 e. The van der Waals surface area contributed by atoms with Crippen molar-refractivity contribution in [2.75, 3.05) is 17.7 Å². The fraction of sp³-hybridized carbons (Fsp3) is 0.267. The molecule has 4 rings (SSSR count). The highest BCUT2D eigenvalue weighted by molar-refractivity contribution is 7.99. The molecule has 1 amide bonds. The summed E-state index contributed by atoms with van der Waals surface area (Å²) in [6.07, 6.45) is -0.284. The van der Waals surface area contributed by atoms with Crippen molar-refractivity contribution >= 4 is 29.5 Å². The SMILES string of the molecule is C=CCOC(=O)Nc1cccc([C@@H]2O[C@H](CSc3ccc(C(=O)O)cc3)[C@H](C)[C@H](c3ccc(CO)cc3)O2)c1. The number of rotatable bonds is 10. The number of carbonyl (C=O) groups is 2. The summed E-state index contributed by atoms with van der Waals surface area (Å²) in [7, 11) is 0. The third-order valence-electron chi connectivity index (χ3n) is 6.38. The number of aliphatic hydroxyl groups excluding tert-OH is 1. The van der Waals surface area contributed by atoms with E-state index in [1.165, 1.54) is 6.08 Å². The molecule has 204 valence electrons. The van der Waals surface area contributed by atoms with E-state index >= 15 is 0 Å². The van der Waals surface area contributed by atoms with E-state index in [2.05, 4.69) is 18.8 Å². The summed E-state index contributed by atoms with van der Waals surface area (Å²) in [5, 5.41) is 21.3. The van der Waals surface area contributed by atoms with Crippen LogP contribution in [0.5, 0.6) is 0 Å². The van der Waals surface area contributed by atoms with E-state index in [0.29, 0.717) is 11.4 Å². The number of benzene rings is 3. The molecule has 8 nitrogen and oxygen atoms in total. The standard InChI is InChI=1S/C30H31NO7S/c1-3-15-36-30(35)31-24-6-4-5-23(16-24)29-37-26(18-39-25-13-11-22(12-14-25)28(33)34)19(2)27(38-29)21-9-7-20(17-32)8-10-21/h3-14,16,19,26-27,29,32H,1,15,17-18H2,2H3,(H,31,35)(H,33,34)/t19-,26+,27+,29+/m0/s1. The summed E-state index contributed by atoms with van der Waals surface area (Å²) in [5.74, 6) is -0.358. The molecule has 3 aromatic rings. The van der Waals surface area contributed by atoms with Crippen molar-refractivity contribution in [3.05, 3.63) is 108 Å². The number of carboxylic acid groups (broad SMARTS) is 1. The van der Waals surface area contributed by atoms with Crippen molar-refractivity contribution in [2.24, 2.45) is 5.92 Å². The summed E-state index contributed by atoms with van der Waals surface area (Å²) in [6.45, 7) is 5.68. The van der Waals surface area contributed by atoms with Crippen molar-refractivity contribution in [1.29, 1.82) is 0 Å². The first-order valence-corrected chi connectivity index (χ1v) is 13.5. The normalized spacial score (nSPS) is 20.7. The number of amides is 1. The molecular formula is C30H31NO7S. The fourth-order valence-electron chi connectivity index (χ4n) is 4.23. The van der Waals surface area contributed by atoms with E-state index in [9.17, 15) is 14.7 Å². The zero-order valence-corrected chi connectivity index (χ0v) is 22.3. The number of carbonyl (C=O) groups excluding carboxylic acids is 1. The van der Waals surface area contributed by atoms with Gasteiger partial charge in [0.1, 0.15) is 6.61 Å². The van der Waals surface area contributed by atoms with Gasteiger partial charge in [0.15, 0.2) is 6.29 Å². The Morgan fingerprint density at radius 2 is 1.79 bits per heavy atom. The number of carboxylic acids is 1. The summed E-state index contributed by atoms with van der Waals surface area (Å²) >= 11 is 1.58. The Morgan fingerprint density at radius 1 is 1.05 bits per heavy atom. The minimum atomic E-state index is -0.962. The zero-order chi connectivity index (χ0) is 27.8. The van der Waals surface area contributed by atoms with Gasteiger partial charge in [-0.25, -0.2) is 9.59 Å². The highest BCUT2D eigenvalue weighted by atomic mass is 32.2. The Morgan fingerprint density at radius 3 is 2.46 bits per heavy atom. The van der Waals surface area contributed by atoms with Crippen molar-refractivity contribution in [1.82, 2.24) is 0 Å². The van der Waals surface area contributed by atoms with Crippen molar-refractivity contribution in [2.45, 2.75) is 36.9 Å². The van der Waals surface area contributed by atoms with E-state index in [-0.39, 0.29) is 36.9 Å². The maximum Gasteiger partial charge on any atom is 0.411 e. The highest BCUT2D eigenvalue weighted by Gasteiger charge is 2.38. The van der Waals surface area contributed by atoms with Gasteiger partial charge in [0, 0.05) is 27.8 Å². The molecule has 1 aliphatic heterocycles. The molecule has 39 heavy (non-hydrogen) atoms. The predicted octanol–water partition coefficient (Wildman–Crippen LogP) is 6.20. The van der Waals surface area contributed by atoms with Crippen LogP contribution in [0, 0.1) is 5.92 Å². The number of anilines is 1. The molecular weight excluding hydrogens is 518 g/mol. The maximum absolute atomic E-state index is 12.0. The molecule has 9 heteroatoms. The van der Waals surface area contributed by atoms with Gasteiger partial charge in [-0.3, -0.25) is 5.32 Å². The summed E-state index contributed by atoms with van der Waals surface area (Å²) in [6, 6.07) is 21.7. The molecule has 0 saturated carbocycles. The molecule has 3 aromatic carbocycles. The zero-order valence-electron chi connectivity index (χ0n) is 21.5. The van der Waals surface area contributed by atoms with E-state index in [1.807, 2.05) is 36.4 Å². The lowest BCUT2D eigenvalue weighted by molar-refractivity contribution is -0.268. The average Bonchev–Trinajstić information content (AvgIpc) is 2.96. The quantitative estimate of drug-likeness (QED) is 0.202. The Bertz CT molecular complexity index is 1280. The first-order chi connectivity index (χ1) is 18.9. The molecule has 0 aromatic heterocycles. The third kappa shape index (κ3) is 7.48. The summed E-state index contributed by atoms with van der Waals surface area (Å²) in [4.78, 5) is 24.1. The molecule has 0 radical (unpaired) electrons. The molecule has 0 unspecified atom stereocenters. The van der Waals surface area contributed by atoms with Crippen LogP contribution in [0.1, 0.15) is 46.4 Å². The monoisotopic (exact) mass is 549 g/mol. The molecule has 0 spiro atoms. The Balaban J connectivity index is 1.55. The second-order valence-electron chi connectivity index (χ2n) is 9.10. The van der Waals surface area contributed by atoms with Gasteiger partial charge < -0.3 is 24.4 Å². The predicted molar refractivity (Wildman–Crippen MR) is 149 cm³/mol. The Labute approximate surface area is 231 Å². The van der Waals surface area contributed by atoms with E-state index in [4.69, 9.17) is 19.3 Å². The van der Waals surface area contributed by atoms with Crippen LogP contribution < -0.4 is 5.32 Å². The third-order valence-corrected chi connectivity index (χ3v) is 7.48. The van der Waals surface area contributed by atoms with Crippen molar-refractivity contribution in [3.8, 4) is 0 Å². The van der Waals surface area contributed by atoms with Crippen LogP contribution in [0.25, 0.3) is 0 Å². The van der Waals surface area contributed by atoms with Gasteiger partial charge in [-0.05, 0) is 47.5 Å². The van der Waals surface area contributed by atoms with Crippen LogP contribution in [0.2, 0.25) is 0 Å². The first-order valence-electron chi connectivity index (χ1n) is 12.5. The van der Waals surface area contributed by atoms with Gasteiger partial charge in [0.05, 0.1) is 24.4 Å². The van der Waals surface area contributed by atoms with Gasteiger partial charge in [-0.15, -0.1) is 11.8 Å². The average molecular weight is 550 g/mol. The lowest BCUT2D eigenvalue weighted by Gasteiger charge is -2.41. The number of thioether (sulfide) groups is 1. The van der Waals surface area contributed by atoms with Crippen LogP contribution in [-0.4, -0.2) is 40.7 Å². The van der Waals surface area contributed by atoms with Crippen LogP contribution in [0.15, 0.2) is 90.3 Å². The van der Waals surface area contributed by atoms with Crippen molar-refractivity contribution in [3.63, 3.8) is 0 Å². The van der Waals surface area contributed by atoms with E-state index < -0.39 is 18.4 Å². The molecule has 1 fully saturated rings. The second kappa shape index (κ2) is 13.4. The lowest BCUT2D eigenvalue weighted by Crippen LogP contribution is -2.38. The van der Waals surface area contributed by atoms with E-state index in [1.54, 1.807) is 48.2 Å². The number of hydrogen-bond donors (Lipinski definition) is 3. The number of ether oxygens (including phenoxy) is 3.